The van der Waals surface area contributed by atoms with Crippen LogP contribution in [0.25, 0.3) is 11.3 Å². The fourth-order valence-corrected chi connectivity index (χ4v) is 3.61. The Morgan fingerprint density at radius 3 is 2.48 bits per heavy atom. The molecular weight excluding hydrogens is 354 g/mol. The number of aryl methyl sites for hydroxylation is 2. The van der Waals surface area contributed by atoms with E-state index in [0.717, 1.165) is 33.1 Å². The summed E-state index contributed by atoms with van der Waals surface area (Å²) in [6.07, 6.45) is 0. The highest BCUT2D eigenvalue weighted by Crippen LogP contribution is 2.27. The molecule has 4 nitrogen and oxygen atoms in total. The zero-order valence-corrected chi connectivity index (χ0v) is 16.8. The highest BCUT2D eigenvalue weighted by atomic mass is 32.2. The van der Waals surface area contributed by atoms with Crippen molar-refractivity contribution >= 4 is 23.4 Å². The van der Waals surface area contributed by atoms with Crippen LogP contribution in [0.2, 0.25) is 0 Å². The lowest BCUT2D eigenvalue weighted by atomic mass is 10.1. The van der Waals surface area contributed by atoms with E-state index >= 15 is 0 Å². The lowest BCUT2D eigenvalue weighted by Crippen LogP contribution is -2.23. The van der Waals surface area contributed by atoms with Crippen molar-refractivity contribution in [2.45, 2.75) is 38.0 Å². The van der Waals surface area contributed by atoms with Gasteiger partial charge >= 0.3 is 0 Å². The van der Waals surface area contributed by atoms with E-state index in [-0.39, 0.29) is 11.2 Å². The average Bonchev–Trinajstić information content (AvgIpc) is 2.65. The number of anilines is 1. The number of thioether (sulfide) groups is 1. The highest BCUT2D eigenvalue weighted by Gasteiger charge is 2.17. The summed E-state index contributed by atoms with van der Waals surface area (Å²) in [6, 6.07) is 17.9. The van der Waals surface area contributed by atoms with Crippen molar-refractivity contribution in [2.75, 3.05) is 5.32 Å². The van der Waals surface area contributed by atoms with Crippen LogP contribution in [0, 0.1) is 20.8 Å². The third-order valence-corrected chi connectivity index (χ3v) is 5.43. The number of hydrogen-bond acceptors (Lipinski definition) is 4. The third-order valence-electron chi connectivity index (χ3n) is 4.41. The minimum absolute atomic E-state index is 0.0359. The molecule has 2 aromatic carbocycles. The first-order chi connectivity index (χ1) is 12.9. The molecule has 0 fully saturated rings. The van der Waals surface area contributed by atoms with Crippen LogP contribution >= 0.6 is 11.8 Å². The largest absolute Gasteiger partial charge is 0.325 e. The van der Waals surface area contributed by atoms with E-state index in [9.17, 15) is 4.79 Å². The molecule has 1 aromatic heterocycles. The Balaban J connectivity index is 1.75. The van der Waals surface area contributed by atoms with E-state index in [1.165, 1.54) is 11.8 Å². The van der Waals surface area contributed by atoms with Crippen LogP contribution in [0.5, 0.6) is 0 Å². The molecule has 3 rings (SSSR count). The Morgan fingerprint density at radius 2 is 1.74 bits per heavy atom. The van der Waals surface area contributed by atoms with E-state index in [4.69, 9.17) is 0 Å². The molecule has 1 unspecified atom stereocenters. The summed E-state index contributed by atoms with van der Waals surface area (Å²) in [6.45, 7) is 7.82. The lowest BCUT2D eigenvalue weighted by molar-refractivity contribution is -0.115. The van der Waals surface area contributed by atoms with Crippen molar-refractivity contribution in [3.63, 3.8) is 0 Å². The molecule has 0 spiro atoms. The number of rotatable bonds is 5. The van der Waals surface area contributed by atoms with Gasteiger partial charge in [0, 0.05) is 11.3 Å². The standard InChI is InChI=1S/C22H23N3OS/c1-14-9-8-12-19(15(14)2)25-22(26)16(3)27-21-13-20(23-17(4)24-21)18-10-6-5-7-11-18/h5-13,16H,1-4H3,(H,25,26). The summed E-state index contributed by atoms with van der Waals surface area (Å²) in [7, 11) is 0. The molecule has 0 aliphatic carbocycles. The van der Waals surface area contributed by atoms with E-state index in [1.54, 1.807) is 0 Å². The number of benzene rings is 2. The Labute approximate surface area is 164 Å². The van der Waals surface area contributed by atoms with Crippen molar-refractivity contribution in [3.05, 3.63) is 71.5 Å². The van der Waals surface area contributed by atoms with Gasteiger partial charge < -0.3 is 5.32 Å². The maximum Gasteiger partial charge on any atom is 0.237 e. The lowest BCUT2D eigenvalue weighted by Gasteiger charge is -2.15. The van der Waals surface area contributed by atoms with Gasteiger partial charge in [0.15, 0.2) is 0 Å². The summed E-state index contributed by atoms with van der Waals surface area (Å²) in [5, 5.41) is 3.55. The quantitative estimate of drug-likeness (QED) is 0.491. The first-order valence-corrected chi connectivity index (χ1v) is 9.77. The average molecular weight is 378 g/mol. The molecule has 138 valence electrons. The van der Waals surface area contributed by atoms with Crippen LogP contribution in [0.4, 0.5) is 5.69 Å². The Kier molecular flexibility index (Phi) is 5.91. The fraction of sp³-hybridized carbons (Fsp3) is 0.227. The molecule has 0 radical (unpaired) electrons. The predicted molar refractivity (Wildman–Crippen MR) is 112 cm³/mol. The van der Waals surface area contributed by atoms with Crippen LogP contribution in [0.15, 0.2) is 59.6 Å². The molecule has 0 saturated heterocycles. The summed E-state index contributed by atoms with van der Waals surface area (Å²) in [4.78, 5) is 21.7. The molecule has 0 aliphatic heterocycles. The van der Waals surface area contributed by atoms with E-state index < -0.39 is 0 Å². The maximum atomic E-state index is 12.6. The molecule has 1 N–H and O–H groups in total. The smallest absolute Gasteiger partial charge is 0.237 e. The van der Waals surface area contributed by atoms with Crippen LogP contribution in [0.1, 0.15) is 23.9 Å². The van der Waals surface area contributed by atoms with Gasteiger partial charge in [-0.1, -0.05) is 54.2 Å². The molecule has 1 amide bonds. The topological polar surface area (TPSA) is 54.9 Å². The van der Waals surface area contributed by atoms with Gasteiger partial charge in [0.1, 0.15) is 10.9 Å². The normalized spacial score (nSPS) is 11.9. The molecule has 0 aliphatic rings. The van der Waals surface area contributed by atoms with Crippen LogP contribution in [-0.2, 0) is 4.79 Å². The van der Waals surface area contributed by atoms with Gasteiger partial charge in [-0.2, -0.15) is 0 Å². The number of aromatic nitrogens is 2. The number of amides is 1. The van der Waals surface area contributed by atoms with Crippen molar-refractivity contribution in [3.8, 4) is 11.3 Å². The maximum absolute atomic E-state index is 12.6. The Bertz CT molecular complexity index is 957. The molecule has 1 heterocycles. The van der Waals surface area contributed by atoms with Crippen molar-refractivity contribution < 1.29 is 4.79 Å². The van der Waals surface area contributed by atoms with Gasteiger partial charge in [-0.05, 0) is 51.0 Å². The SMILES string of the molecule is Cc1nc(SC(C)C(=O)Nc2cccc(C)c2C)cc(-c2ccccc2)n1. The van der Waals surface area contributed by atoms with Crippen molar-refractivity contribution in [2.24, 2.45) is 0 Å². The van der Waals surface area contributed by atoms with E-state index in [1.807, 2.05) is 82.3 Å². The van der Waals surface area contributed by atoms with Gasteiger partial charge in [0.25, 0.3) is 0 Å². The van der Waals surface area contributed by atoms with Crippen molar-refractivity contribution in [1.82, 2.24) is 9.97 Å². The monoisotopic (exact) mass is 377 g/mol. The first-order valence-electron chi connectivity index (χ1n) is 8.89. The van der Waals surface area contributed by atoms with E-state index in [2.05, 4.69) is 15.3 Å². The van der Waals surface area contributed by atoms with Crippen LogP contribution < -0.4 is 5.32 Å². The van der Waals surface area contributed by atoms with Crippen LogP contribution in [-0.4, -0.2) is 21.1 Å². The number of nitrogens with one attached hydrogen (secondary N) is 1. The molecule has 1 atom stereocenters. The molecule has 3 aromatic rings. The first kappa shape index (κ1) is 19.1. The molecule has 0 saturated carbocycles. The second-order valence-corrected chi connectivity index (χ2v) is 7.86. The Hall–Kier alpha value is -2.66. The summed E-state index contributed by atoms with van der Waals surface area (Å²) in [5.74, 6) is 0.659. The number of carbonyl (C=O) groups is 1. The van der Waals surface area contributed by atoms with Crippen LogP contribution in [0.3, 0.4) is 0 Å². The van der Waals surface area contributed by atoms with E-state index in [0.29, 0.717) is 5.82 Å². The van der Waals surface area contributed by atoms with Gasteiger partial charge in [0.05, 0.1) is 10.9 Å². The predicted octanol–water partition coefficient (Wildman–Crippen LogP) is 5.19. The molecule has 0 bridgehead atoms. The minimum Gasteiger partial charge on any atom is -0.325 e. The number of hydrogen-bond donors (Lipinski definition) is 1. The third kappa shape index (κ3) is 4.74. The fourth-order valence-electron chi connectivity index (χ4n) is 2.71. The zero-order chi connectivity index (χ0) is 19.4. The van der Waals surface area contributed by atoms with Crippen molar-refractivity contribution in [1.29, 1.82) is 0 Å². The van der Waals surface area contributed by atoms with Gasteiger partial charge in [-0.15, -0.1) is 0 Å². The molecule has 5 heteroatoms. The zero-order valence-electron chi connectivity index (χ0n) is 16.0. The number of carbonyl (C=O) groups excluding carboxylic acids is 1. The van der Waals surface area contributed by atoms with Gasteiger partial charge in [0.2, 0.25) is 5.91 Å². The second kappa shape index (κ2) is 8.35. The minimum atomic E-state index is -0.275. The summed E-state index contributed by atoms with van der Waals surface area (Å²) >= 11 is 1.44. The highest BCUT2D eigenvalue weighted by molar-refractivity contribution is 8.00. The van der Waals surface area contributed by atoms with Gasteiger partial charge in [-0.3, -0.25) is 4.79 Å². The number of nitrogens with zero attached hydrogens (tertiary/aromatic N) is 2. The van der Waals surface area contributed by atoms with Gasteiger partial charge in [-0.25, -0.2) is 9.97 Å². The summed E-state index contributed by atoms with van der Waals surface area (Å²) < 4.78 is 0. The summed E-state index contributed by atoms with van der Waals surface area (Å²) in [5.41, 5.74) is 5.01. The molecule has 27 heavy (non-hydrogen) atoms. The molecular formula is C22H23N3OS. The second-order valence-electron chi connectivity index (χ2n) is 6.50. The Morgan fingerprint density at radius 1 is 1.00 bits per heavy atom.